The Morgan fingerprint density at radius 1 is 0.950 bits per heavy atom. The van der Waals surface area contributed by atoms with E-state index in [4.69, 9.17) is 23.2 Å². The largest absolute Gasteiger partial charge is 0.350 e. The molecule has 8 nitrogen and oxygen atoms in total. The highest BCUT2D eigenvalue weighted by Gasteiger charge is 2.13. The molecule has 0 aliphatic carbocycles. The van der Waals surface area contributed by atoms with Crippen LogP contribution in [0.4, 0.5) is 9.59 Å². The number of amides is 4. The minimum absolute atomic E-state index is 0.291. The van der Waals surface area contributed by atoms with Crippen LogP contribution in [0.3, 0.4) is 0 Å². The molecule has 0 bridgehead atoms. The SMILES string of the molecule is CC(CCCCN(N)C(N)=O)CC(C)CN(N)C(N)=O. The minimum atomic E-state index is -0.612. The molecule has 118 valence electrons. The van der Waals surface area contributed by atoms with E-state index < -0.39 is 12.1 Å². The lowest BCUT2D eigenvalue weighted by Gasteiger charge is -2.22. The topological polar surface area (TPSA) is 145 Å². The number of hydrogen-bond acceptors (Lipinski definition) is 4. The van der Waals surface area contributed by atoms with Gasteiger partial charge in [-0.15, -0.1) is 0 Å². The minimum Gasteiger partial charge on any atom is -0.350 e. The van der Waals surface area contributed by atoms with Gasteiger partial charge in [0, 0.05) is 13.1 Å². The summed E-state index contributed by atoms with van der Waals surface area (Å²) in [6.45, 7) is 5.11. The van der Waals surface area contributed by atoms with Gasteiger partial charge in [0.25, 0.3) is 0 Å². The van der Waals surface area contributed by atoms with Gasteiger partial charge in [-0.25, -0.2) is 21.3 Å². The second kappa shape index (κ2) is 9.38. The van der Waals surface area contributed by atoms with Gasteiger partial charge in [0.05, 0.1) is 0 Å². The van der Waals surface area contributed by atoms with Crippen LogP contribution in [0.15, 0.2) is 0 Å². The van der Waals surface area contributed by atoms with Gasteiger partial charge in [0.15, 0.2) is 0 Å². The Morgan fingerprint density at radius 3 is 2.00 bits per heavy atom. The summed E-state index contributed by atoms with van der Waals surface area (Å²) in [5.41, 5.74) is 10.1. The quantitative estimate of drug-likeness (QED) is 0.209. The number of nitrogens with two attached hydrogens (primary N) is 4. The van der Waals surface area contributed by atoms with Gasteiger partial charge in [-0.05, 0) is 24.7 Å². The highest BCUT2D eigenvalue weighted by atomic mass is 16.2. The zero-order chi connectivity index (χ0) is 15.7. The van der Waals surface area contributed by atoms with Crippen LogP contribution in [-0.2, 0) is 0 Å². The molecule has 8 N–H and O–H groups in total. The van der Waals surface area contributed by atoms with E-state index in [-0.39, 0.29) is 0 Å². The third-order valence-electron chi connectivity index (χ3n) is 3.23. The summed E-state index contributed by atoms with van der Waals surface area (Å²) in [5, 5.41) is 2.06. The van der Waals surface area contributed by atoms with Crippen molar-refractivity contribution in [2.45, 2.75) is 39.5 Å². The second-order valence-corrected chi connectivity index (χ2v) is 5.46. The Kier molecular flexibility index (Phi) is 8.66. The molecule has 20 heavy (non-hydrogen) atoms. The van der Waals surface area contributed by atoms with E-state index >= 15 is 0 Å². The Balaban J connectivity index is 3.75. The maximum absolute atomic E-state index is 10.8. The van der Waals surface area contributed by atoms with E-state index in [1.165, 1.54) is 0 Å². The van der Waals surface area contributed by atoms with Crippen LogP contribution in [0.25, 0.3) is 0 Å². The first-order valence-corrected chi connectivity index (χ1v) is 6.87. The molecule has 0 saturated heterocycles. The maximum Gasteiger partial charge on any atom is 0.328 e. The summed E-state index contributed by atoms with van der Waals surface area (Å²) in [6.07, 6.45) is 3.78. The number of carbonyl (C=O) groups is 2. The fraction of sp³-hybridized carbons (Fsp3) is 0.833. The van der Waals surface area contributed by atoms with Gasteiger partial charge < -0.3 is 11.5 Å². The summed E-state index contributed by atoms with van der Waals surface area (Å²) in [4.78, 5) is 21.5. The van der Waals surface area contributed by atoms with E-state index in [9.17, 15) is 9.59 Å². The van der Waals surface area contributed by atoms with Crippen LogP contribution >= 0.6 is 0 Å². The number of carbonyl (C=O) groups excluding carboxylic acids is 2. The summed E-state index contributed by atoms with van der Waals surface area (Å²) in [7, 11) is 0. The van der Waals surface area contributed by atoms with Crippen molar-refractivity contribution in [2.75, 3.05) is 13.1 Å². The molecule has 0 aromatic heterocycles. The lowest BCUT2D eigenvalue weighted by molar-refractivity contribution is 0.194. The highest BCUT2D eigenvalue weighted by molar-refractivity contribution is 5.71. The lowest BCUT2D eigenvalue weighted by atomic mass is 9.93. The molecule has 2 unspecified atom stereocenters. The van der Waals surface area contributed by atoms with Gasteiger partial charge in [0.2, 0.25) is 0 Å². The Bertz CT molecular complexity index is 312. The standard InChI is InChI=1S/C12H28N6O2/c1-9(5-3-4-6-17(15)11(13)19)7-10(2)8-18(16)12(14)20/h9-10H,3-8,15-16H2,1-2H3,(H2,13,19)(H2,14,20). The summed E-state index contributed by atoms with van der Waals surface area (Å²) in [5.74, 6) is 11.7. The summed E-state index contributed by atoms with van der Waals surface area (Å²) in [6, 6.07) is -1.22. The zero-order valence-electron chi connectivity index (χ0n) is 12.4. The first-order chi connectivity index (χ1) is 9.23. The number of unbranched alkanes of at least 4 members (excludes halogenated alkanes) is 1. The van der Waals surface area contributed by atoms with E-state index in [0.29, 0.717) is 24.9 Å². The third-order valence-corrected chi connectivity index (χ3v) is 3.23. The van der Waals surface area contributed by atoms with Crippen molar-refractivity contribution in [1.82, 2.24) is 10.0 Å². The van der Waals surface area contributed by atoms with Crippen LogP contribution < -0.4 is 23.2 Å². The van der Waals surface area contributed by atoms with Crippen molar-refractivity contribution < 1.29 is 9.59 Å². The van der Waals surface area contributed by atoms with Crippen molar-refractivity contribution in [2.24, 2.45) is 35.0 Å². The molecule has 0 aliphatic rings. The van der Waals surface area contributed by atoms with E-state index in [1.807, 2.05) is 6.92 Å². The first kappa shape index (κ1) is 18.5. The molecule has 2 atom stereocenters. The normalized spacial score (nSPS) is 13.6. The molecule has 0 aromatic rings. The predicted octanol–water partition coefficient (Wildman–Crippen LogP) is 0.328. The second-order valence-electron chi connectivity index (χ2n) is 5.46. The van der Waals surface area contributed by atoms with E-state index in [2.05, 4.69) is 6.92 Å². The average Bonchev–Trinajstić information content (AvgIpc) is 2.33. The molecule has 4 amide bonds. The Labute approximate surface area is 120 Å². The van der Waals surface area contributed by atoms with Crippen LogP contribution in [0.1, 0.15) is 39.5 Å². The number of primary amides is 2. The number of hydrazine groups is 2. The number of urea groups is 2. The molecule has 8 heteroatoms. The fourth-order valence-electron chi connectivity index (χ4n) is 2.19. The zero-order valence-corrected chi connectivity index (χ0v) is 12.4. The van der Waals surface area contributed by atoms with Gasteiger partial charge in [-0.2, -0.15) is 0 Å². The summed E-state index contributed by atoms with van der Waals surface area (Å²) < 4.78 is 0. The van der Waals surface area contributed by atoms with Crippen molar-refractivity contribution in [1.29, 1.82) is 0 Å². The molecule has 0 aliphatic heterocycles. The first-order valence-electron chi connectivity index (χ1n) is 6.87. The van der Waals surface area contributed by atoms with Crippen LogP contribution in [-0.4, -0.2) is 35.2 Å². The lowest BCUT2D eigenvalue weighted by Crippen LogP contribution is -2.44. The van der Waals surface area contributed by atoms with Crippen molar-refractivity contribution >= 4 is 12.1 Å². The van der Waals surface area contributed by atoms with Crippen LogP contribution in [0.2, 0.25) is 0 Å². The van der Waals surface area contributed by atoms with Crippen LogP contribution in [0.5, 0.6) is 0 Å². The van der Waals surface area contributed by atoms with Crippen LogP contribution in [0, 0.1) is 11.8 Å². The molecule has 0 aromatic carbocycles. The molecule has 0 saturated carbocycles. The van der Waals surface area contributed by atoms with Crippen molar-refractivity contribution in [3.05, 3.63) is 0 Å². The van der Waals surface area contributed by atoms with Gasteiger partial charge >= 0.3 is 12.1 Å². The molecular weight excluding hydrogens is 260 g/mol. The smallest absolute Gasteiger partial charge is 0.328 e. The van der Waals surface area contributed by atoms with E-state index in [1.54, 1.807) is 0 Å². The molecule has 0 heterocycles. The monoisotopic (exact) mass is 288 g/mol. The van der Waals surface area contributed by atoms with Crippen molar-refractivity contribution in [3.63, 3.8) is 0 Å². The van der Waals surface area contributed by atoms with Crippen molar-refractivity contribution in [3.8, 4) is 0 Å². The van der Waals surface area contributed by atoms with E-state index in [0.717, 1.165) is 35.7 Å². The summed E-state index contributed by atoms with van der Waals surface area (Å²) >= 11 is 0. The van der Waals surface area contributed by atoms with Gasteiger partial charge in [-0.3, -0.25) is 10.0 Å². The number of nitrogens with zero attached hydrogens (tertiary/aromatic N) is 2. The third kappa shape index (κ3) is 8.54. The molecular formula is C12H28N6O2. The number of hydrogen-bond donors (Lipinski definition) is 4. The number of rotatable bonds is 9. The molecule has 0 spiro atoms. The molecule has 0 rings (SSSR count). The average molecular weight is 288 g/mol. The highest BCUT2D eigenvalue weighted by Crippen LogP contribution is 2.18. The predicted molar refractivity (Wildman–Crippen MR) is 77.7 cm³/mol. The van der Waals surface area contributed by atoms with Gasteiger partial charge in [-0.1, -0.05) is 26.7 Å². The fourth-order valence-corrected chi connectivity index (χ4v) is 2.19. The van der Waals surface area contributed by atoms with Gasteiger partial charge in [0.1, 0.15) is 0 Å². The molecule has 0 radical (unpaired) electrons. The molecule has 0 fully saturated rings. The Morgan fingerprint density at radius 2 is 1.50 bits per heavy atom. The maximum atomic E-state index is 10.8. The Hall–Kier alpha value is -1.54.